The molecule has 2 heterocycles. The Hall–Kier alpha value is -2.13. The van der Waals surface area contributed by atoms with Crippen LogP contribution in [0.1, 0.15) is 43.5 Å². The van der Waals surface area contributed by atoms with Crippen LogP contribution in [0.2, 0.25) is 0 Å². The van der Waals surface area contributed by atoms with Crippen molar-refractivity contribution < 1.29 is 37.6 Å². The van der Waals surface area contributed by atoms with Gasteiger partial charge in [-0.15, -0.1) is 11.3 Å². The van der Waals surface area contributed by atoms with Gasteiger partial charge in [0, 0.05) is 24.4 Å². The molecule has 3 N–H and O–H groups in total. The maximum Gasteiger partial charge on any atom is 0.407 e. The summed E-state index contributed by atoms with van der Waals surface area (Å²) in [5.74, 6) is 1.05. The second-order valence-electron chi connectivity index (χ2n) is 10.3. The first-order valence-electron chi connectivity index (χ1n) is 13.4. The van der Waals surface area contributed by atoms with Crippen LogP contribution in [0.4, 0.5) is 4.79 Å². The Kier molecular flexibility index (Phi) is 13.2. The smallest absolute Gasteiger partial charge is 0.407 e. The minimum absolute atomic E-state index is 0.0197. The van der Waals surface area contributed by atoms with E-state index < -0.39 is 29.5 Å². The van der Waals surface area contributed by atoms with E-state index in [1.807, 2.05) is 57.3 Å². The van der Waals surface area contributed by atoms with Gasteiger partial charge < -0.3 is 29.4 Å². The number of rotatable bonds is 16. The number of nitrogens with zero attached hydrogens (tertiary/aromatic N) is 2. The van der Waals surface area contributed by atoms with E-state index in [9.17, 15) is 18.7 Å². The fourth-order valence-electron chi connectivity index (χ4n) is 4.21. The molecule has 40 heavy (non-hydrogen) atoms. The maximum absolute atomic E-state index is 12.6. The van der Waals surface area contributed by atoms with Crippen LogP contribution < -0.4 is 10.1 Å². The lowest BCUT2D eigenvalue weighted by Gasteiger charge is -2.28. The highest BCUT2D eigenvalue weighted by atomic mass is 32.2. The molecule has 2 aromatic rings. The number of hydrogen-bond acceptors (Lipinski definition) is 9. The molecule has 5 unspecified atom stereocenters. The van der Waals surface area contributed by atoms with E-state index in [1.165, 1.54) is 4.31 Å². The molecular weight excluding hydrogens is 558 g/mol. The first-order valence-corrected chi connectivity index (χ1v) is 15.4. The largest absolute Gasteiger partial charge is 0.487 e. The number of nitrogens with one attached hydrogen (secondary N) is 1. The lowest BCUT2D eigenvalue weighted by atomic mass is 10.0. The van der Waals surface area contributed by atoms with Crippen LogP contribution in [-0.4, -0.2) is 80.6 Å². The Morgan fingerprint density at radius 1 is 1.27 bits per heavy atom. The van der Waals surface area contributed by atoms with Crippen LogP contribution in [0.25, 0.3) is 0 Å². The van der Waals surface area contributed by atoms with Crippen molar-refractivity contribution in [3.8, 4) is 5.75 Å². The van der Waals surface area contributed by atoms with Crippen molar-refractivity contribution in [2.75, 3.05) is 32.9 Å². The van der Waals surface area contributed by atoms with Crippen molar-refractivity contribution in [2.45, 2.75) is 65.6 Å². The number of thiazole rings is 1. The number of aliphatic hydroxyl groups is 1. The maximum atomic E-state index is 12.6. The van der Waals surface area contributed by atoms with Crippen LogP contribution >= 0.6 is 11.3 Å². The number of aromatic nitrogens is 1. The molecule has 224 valence electrons. The minimum atomic E-state index is -2.27. The summed E-state index contributed by atoms with van der Waals surface area (Å²) in [6.07, 6.45) is -0.969. The molecule has 0 saturated carbocycles. The van der Waals surface area contributed by atoms with Crippen LogP contribution in [0.5, 0.6) is 5.75 Å². The molecule has 1 aromatic carbocycles. The molecule has 0 radical (unpaired) electrons. The summed E-state index contributed by atoms with van der Waals surface area (Å²) in [6.45, 7) is 9.22. The standard InChI is InChI=1S/C27H41N3O8S2/c1-18(2)14-30(40(33)34)15-25(31)24(29-27(32)37-12-11-36-26-19(3)9-10-35-26)13-21-5-7-23(8-6-21)38-16-22-17-39-20(4)28-22/h5-8,17-19,24-26,31H,9-16H2,1-4H3,(H,29,32)(H,33,34). The summed E-state index contributed by atoms with van der Waals surface area (Å²) in [6, 6.07) is 6.54. The average Bonchev–Trinajstić information content (AvgIpc) is 3.52. The molecule has 3 rings (SSSR count). The number of carbonyl (C=O) groups is 1. The predicted octanol–water partition coefficient (Wildman–Crippen LogP) is 3.52. The summed E-state index contributed by atoms with van der Waals surface area (Å²) in [7, 11) is 0. The Morgan fingerprint density at radius 2 is 2.02 bits per heavy atom. The van der Waals surface area contributed by atoms with Crippen molar-refractivity contribution in [2.24, 2.45) is 11.8 Å². The zero-order valence-corrected chi connectivity index (χ0v) is 25.1. The second kappa shape index (κ2) is 16.3. The van der Waals surface area contributed by atoms with Crippen molar-refractivity contribution in [3.63, 3.8) is 0 Å². The lowest BCUT2D eigenvalue weighted by molar-refractivity contribution is -0.134. The van der Waals surface area contributed by atoms with Gasteiger partial charge in [0.1, 0.15) is 19.0 Å². The zero-order chi connectivity index (χ0) is 29.1. The van der Waals surface area contributed by atoms with Gasteiger partial charge in [-0.3, -0.25) is 4.55 Å². The molecule has 11 nitrogen and oxygen atoms in total. The molecule has 13 heteroatoms. The van der Waals surface area contributed by atoms with E-state index in [0.717, 1.165) is 22.7 Å². The van der Waals surface area contributed by atoms with Crippen molar-refractivity contribution in [1.82, 2.24) is 14.6 Å². The number of amides is 1. The van der Waals surface area contributed by atoms with Crippen molar-refractivity contribution in [3.05, 3.63) is 45.9 Å². The highest BCUT2D eigenvalue weighted by molar-refractivity contribution is 7.76. The van der Waals surface area contributed by atoms with Gasteiger partial charge in [-0.2, -0.15) is 4.31 Å². The van der Waals surface area contributed by atoms with Crippen molar-refractivity contribution in [1.29, 1.82) is 0 Å². The molecular formula is C27H41N3O8S2. The summed E-state index contributed by atoms with van der Waals surface area (Å²) >= 11 is -0.704. The molecule has 1 fully saturated rings. The Morgan fingerprint density at radius 3 is 2.62 bits per heavy atom. The normalized spacial score (nSPS) is 19.5. The third-order valence-corrected chi connectivity index (χ3v) is 7.86. The molecule has 1 aromatic heterocycles. The Bertz CT molecular complexity index is 1070. The number of ether oxygens (including phenoxy) is 4. The van der Waals surface area contributed by atoms with E-state index in [-0.39, 0.29) is 44.3 Å². The lowest BCUT2D eigenvalue weighted by Crippen LogP contribution is -2.50. The zero-order valence-electron chi connectivity index (χ0n) is 23.5. The second-order valence-corrected chi connectivity index (χ2v) is 12.3. The molecule has 0 bridgehead atoms. The van der Waals surface area contributed by atoms with Crippen LogP contribution in [0.3, 0.4) is 0 Å². The Balaban J connectivity index is 1.58. The summed E-state index contributed by atoms with van der Waals surface area (Å²) in [5.41, 5.74) is 1.69. The van der Waals surface area contributed by atoms with E-state index in [0.29, 0.717) is 25.5 Å². The molecule has 5 atom stereocenters. The molecule has 1 aliphatic heterocycles. The van der Waals surface area contributed by atoms with E-state index in [1.54, 1.807) is 11.3 Å². The Labute approximate surface area is 242 Å². The average molecular weight is 600 g/mol. The highest BCUT2D eigenvalue weighted by Crippen LogP contribution is 2.21. The SMILES string of the molecule is Cc1nc(COc2ccc(CC(NC(=O)OCCOC3OCCC3C)C(O)CN(CC(C)C)S(=O)O)cc2)cs1. The monoisotopic (exact) mass is 599 g/mol. The van der Waals surface area contributed by atoms with Crippen LogP contribution in [0.15, 0.2) is 29.6 Å². The fourth-order valence-corrected chi connectivity index (χ4v) is 5.51. The topological polar surface area (TPSA) is 140 Å². The predicted molar refractivity (Wildman–Crippen MR) is 152 cm³/mol. The summed E-state index contributed by atoms with van der Waals surface area (Å²) in [4.78, 5) is 17.0. The number of aliphatic hydroxyl groups excluding tert-OH is 1. The van der Waals surface area contributed by atoms with E-state index in [4.69, 9.17) is 18.9 Å². The first-order chi connectivity index (χ1) is 19.1. The van der Waals surface area contributed by atoms with Gasteiger partial charge in [0.2, 0.25) is 11.3 Å². The number of benzene rings is 1. The minimum Gasteiger partial charge on any atom is -0.487 e. The van der Waals surface area contributed by atoms with E-state index >= 15 is 0 Å². The molecule has 0 spiro atoms. The third kappa shape index (κ3) is 11.0. The molecule has 1 saturated heterocycles. The van der Waals surface area contributed by atoms with Crippen molar-refractivity contribution >= 4 is 28.7 Å². The fraction of sp³-hybridized carbons (Fsp3) is 0.630. The van der Waals surface area contributed by atoms with Gasteiger partial charge in [-0.05, 0) is 43.4 Å². The van der Waals surface area contributed by atoms with Gasteiger partial charge in [0.05, 0.1) is 36.1 Å². The summed E-state index contributed by atoms with van der Waals surface area (Å²) in [5, 5.41) is 16.7. The number of carbonyl (C=O) groups excluding carboxylic acids is 1. The van der Waals surface area contributed by atoms with Crippen LogP contribution in [-0.2, 0) is 38.5 Å². The van der Waals surface area contributed by atoms with E-state index in [2.05, 4.69) is 10.3 Å². The van der Waals surface area contributed by atoms with Gasteiger partial charge in [0.25, 0.3) is 0 Å². The summed E-state index contributed by atoms with van der Waals surface area (Å²) < 4.78 is 45.0. The van der Waals surface area contributed by atoms with Gasteiger partial charge in [-0.25, -0.2) is 14.0 Å². The van der Waals surface area contributed by atoms with Gasteiger partial charge in [0.15, 0.2) is 6.29 Å². The number of hydrogen-bond donors (Lipinski definition) is 3. The molecule has 1 amide bonds. The third-order valence-electron chi connectivity index (χ3n) is 6.30. The number of aryl methyl sites for hydroxylation is 1. The number of alkyl carbamates (subject to hydrolysis) is 1. The quantitative estimate of drug-likeness (QED) is 0.195. The van der Waals surface area contributed by atoms with Crippen LogP contribution in [0, 0.1) is 18.8 Å². The first kappa shape index (κ1) is 32.4. The van der Waals surface area contributed by atoms with Gasteiger partial charge in [-0.1, -0.05) is 32.9 Å². The van der Waals surface area contributed by atoms with Gasteiger partial charge >= 0.3 is 6.09 Å². The molecule has 1 aliphatic rings. The molecule has 0 aliphatic carbocycles. The highest BCUT2D eigenvalue weighted by Gasteiger charge is 2.28.